The zero-order chi connectivity index (χ0) is 22.8. The Bertz CT molecular complexity index is 907. The second kappa shape index (κ2) is 9.19. The van der Waals surface area contributed by atoms with Gasteiger partial charge in [-0.25, -0.2) is 9.18 Å². The van der Waals surface area contributed by atoms with E-state index in [0.29, 0.717) is 22.0 Å². The topological polar surface area (TPSA) is 137 Å². The summed E-state index contributed by atoms with van der Waals surface area (Å²) < 4.78 is 25.9. The number of aliphatic hydroxyl groups excluding tert-OH is 2. The van der Waals surface area contributed by atoms with Crippen LogP contribution in [-0.2, 0) is 14.3 Å². The number of rotatable bonds is 7. The first-order valence-electron chi connectivity index (χ1n) is 9.76. The summed E-state index contributed by atoms with van der Waals surface area (Å²) in [6.45, 7) is 5.50. The highest BCUT2D eigenvalue weighted by Gasteiger charge is 2.57. The summed E-state index contributed by atoms with van der Waals surface area (Å²) in [6, 6.07) is 0.904. The summed E-state index contributed by atoms with van der Waals surface area (Å²) >= 11 is 0. The SMILES string of the molecule is CCC(CC)C(=O)n1c(=O)ccn([C@@H]2O[C@](F)(COC(=O)C(C)C)[C@@H](O)[C@H]2O)c1=O. The highest BCUT2D eigenvalue weighted by Crippen LogP contribution is 2.38. The van der Waals surface area contributed by atoms with E-state index < -0.39 is 65.9 Å². The quantitative estimate of drug-likeness (QED) is 0.586. The van der Waals surface area contributed by atoms with Crippen LogP contribution in [0.5, 0.6) is 0 Å². The Hall–Kier alpha value is -2.37. The Morgan fingerprint density at radius 3 is 2.40 bits per heavy atom. The first-order chi connectivity index (χ1) is 14.0. The maximum atomic E-state index is 15.1. The summed E-state index contributed by atoms with van der Waals surface area (Å²) in [5.74, 6) is -5.61. The van der Waals surface area contributed by atoms with Gasteiger partial charge in [0.25, 0.3) is 11.4 Å². The third-order valence-corrected chi connectivity index (χ3v) is 5.10. The van der Waals surface area contributed by atoms with Gasteiger partial charge in [-0.1, -0.05) is 27.7 Å². The fourth-order valence-corrected chi connectivity index (χ4v) is 3.14. The maximum absolute atomic E-state index is 15.1. The van der Waals surface area contributed by atoms with E-state index in [1.165, 1.54) is 13.8 Å². The smallest absolute Gasteiger partial charge is 0.340 e. The first kappa shape index (κ1) is 23.9. The highest BCUT2D eigenvalue weighted by molar-refractivity contribution is 5.80. The summed E-state index contributed by atoms with van der Waals surface area (Å²) in [6.07, 6.45) is -4.10. The van der Waals surface area contributed by atoms with E-state index in [1.807, 2.05) is 0 Å². The zero-order valence-electron chi connectivity index (χ0n) is 17.3. The van der Waals surface area contributed by atoms with Gasteiger partial charge in [-0.3, -0.25) is 19.0 Å². The van der Waals surface area contributed by atoms with Crippen molar-refractivity contribution >= 4 is 11.9 Å². The van der Waals surface area contributed by atoms with Crippen molar-refractivity contribution in [1.29, 1.82) is 0 Å². The molecule has 11 heteroatoms. The number of hydrogen-bond acceptors (Lipinski definition) is 8. The highest BCUT2D eigenvalue weighted by atomic mass is 19.2. The van der Waals surface area contributed by atoms with Gasteiger partial charge in [-0.15, -0.1) is 0 Å². The van der Waals surface area contributed by atoms with E-state index in [-0.39, 0.29) is 0 Å². The van der Waals surface area contributed by atoms with Crippen molar-refractivity contribution in [1.82, 2.24) is 9.13 Å². The van der Waals surface area contributed by atoms with Crippen molar-refractivity contribution in [2.45, 2.75) is 64.8 Å². The van der Waals surface area contributed by atoms with Gasteiger partial charge in [0.2, 0.25) is 5.91 Å². The molecular weight excluding hydrogens is 403 g/mol. The van der Waals surface area contributed by atoms with Crippen LogP contribution in [0.25, 0.3) is 0 Å². The second-order valence-corrected chi connectivity index (χ2v) is 7.52. The molecule has 1 saturated heterocycles. The Morgan fingerprint density at radius 1 is 1.27 bits per heavy atom. The predicted octanol–water partition coefficient (Wildman–Crippen LogP) is 0.202. The lowest BCUT2D eigenvalue weighted by Crippen LogP contribution is -2.47. The lowest BCUT2D eigenvalue weighted by molar-refractivity contribution is -0.218. The van der Waals surface area contributed by atoms with Gasteiger partial charge in [0, 0.05) is 18.2 Å². The average molecular weight is 430 g/mol. The number of hydrogen-bond donors (Lipinski definition) is 2. The van der Waals surface area contributed by atoms with Crippen LogP contribution in [0, 0.1) is 11.8 Å². The number of aromatic nitrogens is 2. The number of esters is 1. The van der Waals surface area contributed by atoms with Crippen LogP contribution in [0.3, 0.4) is 0 Å². The lowest BCUT2D eigenvalue weighted by Gasteiger charge is -2.23. The molecule has 0 aromatic carbocycles. The number of carbonyl (C=O) groups is 2. The van der Waals surface area contributed by atoms with Gasteiger partial charge in [-0.2, -0.15) is 4.57 Å². The van der Waals surface area contributed by atoms with Crippen molar-refractivity contribution in [2.24, 2.45) is 11.8 Å². The van der Waals surface area contributed by atoms with Crippen molar-refractivity contribution in [3.05, 3.63) is 33.1 Å². The molecule has 2 rings (SSSR count). The molecule has 1 aliphatic rings. The lowest BCUT2D eigenvalue weighted by atomic mass is 10.0. The molecule has 4 atom stereocenters. The molecule has 1 aliphatic heterocycles. The van der Waals surface area contributed by atoms with E-state index in [4.69, 9.17) is 9.47 Å². The molecule has 168 valence electrons. The summed E-state index contributed by atoms with van der Waals surface area (Å²) in [4.78, 5) is 49.1. The number of alkyl halides is 1. The fourth-order valence-electron chi connectivity index (χ4n) is 3.14. The molecule has 2 heterocycles. The van der Waals surface area contributed by atoms with Crippen molar-refractivity contribution < 1.29 is 33.7 Å². The van der Waals surface area contributed by atoms with Crippen LogP contribution in [0.15, 0.2) is 21.9 Å². The predicted molar refractivity (Wildman–Crippen MR) is 101 cm³/mol. The van der Waals surface area contributed by atoms with Crippen molar-refractivity contribution in [3.63, 3.8) is 0 Å². The molecule has 0 amide bonds. The van der Waals surface area contributed by atoms with E-state index in [9.17, 15) is 29.4 Å². The van der Waals surface area contributed by atoms with Gasteiger partial charge in [0.1, 0.15) is 12.2 Å². The molecule has 1 aromatic heterocycles. The fraction of sp³-hybridized carbons (Fsp3) is 0.684. The molecule has 0 radical (unpaired) electrons. The van der Waals surface area contributed by atoms with Gasteiger partial charge in [-0.05, 0) is 12.8 Å². The van der Waals surface area contributed by atoms with Gasteiger partial charge >= 0.3 is 11.7 Å². The van der Waals surface area contributed by atoms with E-state index in [0.717, 1.165) is 12.3 Å². The molecule has 10 nitrogen and oxygen atoms in total. The molecule has 0 bridgehead atoms. The van der Waals surface area contributed by atoms with E-state index >= 15 is 4.39 Å². The number of ether oxygens (including phenoxy) is 2. The van der Waals surface area contributed by atoms with Crippen LogP contribution in [0.2, 0.25) is 0 Å². The van der Waals surface area contributed by atoms with Crippen molar-refractivity contribution in [3.8, 4) is 0 Å². The monoisotopic (exact) mass is 430 g/mol. The Kier molecular flexibility index (Phi) is 7.32. The molecule has 0 spiro atoms. The maximum Gasteiger partial charge on any atom is 0.340 e. The van der Waals surface area contributed by atoms with Crippen LogP contribution in [-0.4, -0.2) is 55.9 Å². The molecule has 1 aromatic rings. The normalized spacial score (nSPS) is 26.4. The Morgan fingerprint density at radius 2 is 1.87 bits per heavy atom. The summed E-state index contributed by atoms with van der Waals surface area (Å²) in [5, 5.41) is 20.4. The molecule has 0 saturated carbocycles. The largest absolute Gasteiger partial charge is 0.459 e. The third-order valence-electron chi connectivity index (χ3n) is 5.10. The third kappa shape index (κ3) is 4.37. The minimum Gasteiger partial charge on any atom is -0.459 e. The molecule has 2 N–H and O–H groups in total. The average Bonchev–Trinajstić information content (AvgIpc) is 2.91. The molecule has 30 heavy (non-hydrogen) atoms. The number of halogens is 1. The minimum absolute atomic E-state index is 0.395. The summed E-state index contributed by atoms with van der Waals surface area (Å²) in [5.41, 5.74) is -2.02. The molecular formula is C19H27FN2O8. The second-order valence-electron chi connectivity index (χ2n) is 7.52. The van der Waals surface area contributed by atoms with Gasteiger partial charge in [0.15, 0.2) is 12.8 Å². The number of aliphatic hydroxyl groups is 2. The van der Waals surface area contributed by atoms with Crippen LogP contribution in [0.4, 0.5) is 4.39 Å². The van der Waals surface area contributed by atoms with Crippen LogP contribution >= 0.6 is 0 Å². The zero-order valence-corrected chi connectivity index (χ0v) is 17.3. The minimum atomic E-state index is -2.99. The Balaban J connectivity index is 2.39. The van der Waals surface area contributed by atoms with E-state index in [2.05, 4.69) is 0 Å². The number of carbonyl (C=O) groups excluding carboxylic acids is 2. The van der Waals surface area contributed by atoms with Crippen LogP contribution in [0.1, 0.15) is 51.6 Å². The molecule has 1 fully saturated rings. The molecule has 0 aliphatic carbocycles. The summed E-state index contributed by atoms with van der Waals surface area (Å²) in [7, 11) is 0. The molecule has 0 unspecified atom stereocenters. The standard InChI is InChI=1S/C19H27FN2O8/c1-5-11(6-2)15(26)22-12(23)7-8-21(18(22)28)16-13(24)14(25)19(20,30-16)9-29-17(27)10(3)4/h7-8,10-11,13-14,16,24-25H,5-6,9H2,1-4H3/t13-,14+,16-,19-/m1/s1. The van der Waals surface area contributed by atoms with Gasteiger partial charge < -0.3 is 19.7 Å². The first-order valence-corrected chi connectivity index (χ1v) is 9.76. The van der Waals surface area contributed by atoms with Crippen molar-refractivity contribution in [2.75, 3.05) is 6.61 Å². The Labute approximate surface area is 171 Å². The number of nitrogens with zero attached hydrogens (tertiary/aromatic N) is 2. The van der Waals surface area contributed by atoms with Crippen LogP contribution < -0.4 is 11.2 Å². The van der Waals surface area contributed by atoms with Gasteiger partial charge in [0.05, 0.1) is 5.92 Å². The van der Waals surface area contributed by atoms with E-state index in [1.54, 1.807) is 13.8 Å².